The number of hydrogen-bond acceptors (Lipinski definition) is 3. The van der Waals surface area contributed by atoms with E-state index in [9.17, 15) is 22.8 Å². The Morgan fingerprint density at radius 3 is 2.70 bits per heavy atom. The monoisotopic (exact) mass is 290 g/mol. The number of nitrogens with one attached hydrogen (secondary N) is 2. The SMILES string of the molecule is O=C(CNC(=O)C1CC1)Nc1cnn(CC(F)(F)F)c1. The number of alkyl halides is 3. The van der Waals surface area contributed by atoms with Gasteiger partial charge in [0.05, 0.1) is 18.4 Å². The zero-order chi connectivity index (χ0) is 14.8. The van der Waals surface area contributed by atoms with Gasteiger partial charge in [-0.25, -0.2) is 0 Å². The Labute approximate surface area is 112 Å². The first-order valence-corrected chi connectivity index (χ1v) is 6.00. The molecule has 2 amide bonds. The van der Waals surface area contributed by atoms with Crippen molar-refractivity contribution in [1.82, 2.24) is 15.1 Å². The smallest absolute Gasteiger partial charge is 0.347 e. The number of carbonyl (C=O) groups excluding carboxylic acids is 2. The lowest BCUT2D eigenvalue weighted by Crippen LogP contribution is -2.33. The minimum Gasteiger partial charge on any atom is -0.347 e. The summed E-state index contributed by atoms with van der Waals surface area (Å²) >= 11 is 0. The highest BCUT2D eigenvalue weighted by molar-refractivity contribution is 5.94. The van der Waals surface area contributed by atoms with E-state index in [1.54, 1.807) is 0 Å². The lowest BCUT2D eigenvalue weighted by atomic mass is 10.4. The van der Waals surface area contributed by atoms with Crippen LogP contribution in [0.4, 0.5) is 18.9 Å². The molecule has 1 aliphatic carbocycles. The summed E-state index contributed by atoms with van der Waals surface area (Å²) in [6, 6.07) is 0. The van der Waals surface area contributed by atoms with Crippen LogP contribution in [0.5, 0.6) is 0 Å². The van der Waals surface area contributed by atoms with Gasteiger partial charge in [0, 0.05) is 12.1 Å². The topological polar surface area (TPSA) is 76.0 Å². The molecule has 0 atom stereocenters. The summed E-state index contributed by atoms with van der Waals surface area (Å²) in [4.78, 5) is 22.8. The van der Waals surface area contributed by atoms with Crippen LogP contribution in [0, 0.1) is 5.92 Å². The van der Waals surface area contributed by atoms with Gasteiger partial charge in [0.25, 0.3) is 0 Å². The molecule has 0 radical (unpaired) electrons. The van der Waals surface area contributed by atoms with Crippen LogP contribution in [0.3, 0.4) is 0 Å². The average Bonchev–Trinajstić information content (AvgIpc) is 3.09. The van der Waals surface area contributed by atoms with Gasteiger partial charge >= 0.3 is 6.18 Å². The second-order valence-electron chi connectivity index (χ2n) is 4.58. The number of nitrogens with zero attached hydrogens (tertiary/aromatic N) is 2. The van der Waals surface area contributed by atoms with Crippen LogP contribution in [0.15, 0.2) is 12.4 Å². The maximum atomic E-state index is 12.1. The first-order valence-electron chi connectivity index (χ1n) is 6.00. The largest absolute Gasteiger partial charge is 0.408 e. The Hall–Kier alpha value is -2.06. The fraction of sp³-hybridized carbons (Fsp3) is 0.545. The van der Waals surface area contributed by atoms with Crippen molar-refractivity contribution in [3.05, 3.63) is 12.4 Å². The summed E-state index contributed by atoms with van der Waals surface area (Å²) in [6.07, 6.45) is -0.513. The van der Waals surface area contributed by atoms with E-state index in [0.29, 0.717) is 4.68 Å². The van der Waals surface area contributed by atoms with Crippen molar-refractivity contribution in [3.63, 3.8) is 0 Å². The quantitative estimate of drug-likeness (QED) is 0.846. The van der Waals surface area contributed by atoms with Gasteiger partial charge in [-0.15, -0.1) is 0 Å². The van der Waals surface area contributed by atoms with Crippen molar-refractivity contribution < 1.29 is 22.8 Å². The van der Waals surface area contributed by atoms with Crippen LogP contribution >= 0.6 is 0 Å². The number of aromatic nitrogens is 2. The van der Waals surface area contributed by atoms with E-state index in [2.05, 4.69) is 15.7 Å². The molecule has 2 rings (SSSR count). The summed E-state index contributed by atoms with van der Waals surface area (Å²) in [5.74, 6) is -0.684. The second kappa shape index (κ2) is 5.51. The van der Waals surface area contributed by atoms with E-state index < -0.39 is 18.6 Å². The molecule has 1 aromatic heterocycles. The van der Waals surface area contributed by atoms with E-state index in [0.717, 1.165) is 25.2 Å². The number of hydrogen-bond donors (Lipinski definition) is 2. The molecule has 1 saturated carbocycles. The molecule has 2 N–H and O–H groups in total. The molecule has 110 valence electrons. The van der Waals surface area contributed by atoms with E-state index in [1.165, 1.54) is 0 Å². The van der Waals surface area contributed by atoms with Crippen LogP contribution in [-0.2, 0) is 16.1 Å². The lowest BCUT2D eigenvalue weighted by Gasteiger charge is -2.06. The first kappa shape index (κ1) is 14.4. The maximum absolute atomic E-state index is 12.1. The van der Waals surface area contributed by atoms with Crippen molar-refractivity contribution in [2.24, 2.45) is 5.92 Å². The fourth-order valence-electron chi connectivity index (χ4n) is 1.56. The van der Waals surface area contributed by atoms with Crippen LogP contribution in [-0.4, -0.2) is 34.3 Å². The molecule has 1 aliphatic rings. The molecule has 20 heavy (non-hydrogen) atoms. The molecule has 6 nitrogen and oxygen atoms in total. The Kier molecular flexibility index (Phi) is 3.96. The molecule has 0 unspecified atom stereocenters. The van der Waals surface area contributed by atoms with Crippen molar-refractivity contribution in [3.8, 4) is 0 Å². The van der Waals surface area contributed by atoms with Crippen LogP contribution in [0.1, 0.15) is 12.8 Å². The lowest BCUT2D eigenvalue weighted by molar-refractivity contribution is -0.142. The van der Waals surface area contributed by atoms with Gasteiger partial charge in [0.2, 0.25) is 11.8 Å². The van der Waals surface area contributed by atoms with Crippen LogP contribution in [0.25, 0.3) is 0 Å². The Morgan fingerprint density at radius 2 is 2.10 bits per heavy atom. The van der Waals surface area contributed by atoms with Crippen molar-refractivity contribution >= 4 is 17.5 Å². The molecule has 0 spiro atoms. The molecule has 0 aromatic carbocycles. The average molecular weight is 290 g/mol. The molecule has 0 saturated heterocycles. The fourth-order valence-corrected chi connectivity index (χ4v) is 1.56. The summed E-state index contributed by atoms with van der Waals surface area (Å²) in [7, 11) is 0. The van der Waals surface area contributed by atoms with Gasteiger partial charge in [-0.3, -0.25) is 14.3 Å². The predicted octanol–water partition coefficient (Wildman–Crippen LogP) is 0.910. The second-order valence-corrected chi connectivity index (χ2v) is 4.58. The summed E-state index contributed by atoms with van der Waals surface area (Å²) in [6.45, 7) is -1.43. The van der Waals surface area contributed by atoms with Gasteiger partial charge in [0.1, 0.15) is 6.54 Å². The molecular formula is C11H13F3N4O2. The zero-order valence-corrected chi connectivity index (χ0v) is 10.4. The highest BCUT2D eigenvalue weighted by atomic mass is 19.4. The minimum atomic E-state index is -4.37. The molecule has 0 aliphatic heterocycles. The number of halogens is 3. The Morgan fingerprint density at radius 1 is 1.40 bits per heavy atom. The standard InChI is InChI=1S/C11H13F3N4O2/c12-11(13,14)6-18-5-8(3-16-18)17-9(19)4-15-10(20)7-1-2-7/h3,5,7H,1-2,4,6H2,(H,15,20)(H,17,19). The summed E-state index contributed by atoms with van der Waals surface area (Å²) < 4.78 is 37.0. The number of amides is 2. The Bertz CT molecular complexity index is 508. The van der Waals surface area contributed by atoms with Gasteiger partial charge in [-0.05, 0) is 12.8 Å². The third-order valence-electron chi connectivity index (χ3n) is 2.63. The summed E-state index contributed by atoms with van der Waals surface area (Å²) in [5, 5.41) is 8.29. The highest BCUT2D eigenvalue weighted by Crippen LogP contribution is 2.28. The predicted molar refractivity (Wildman–Crippen MR) is 62.6 cm³/mol. The molecular weight excluding hydrogens is 277 g/mol. The van der Waals surface area contributed by atoms with E-state index in [-0.39, 0.29) is 24.1 Å². The maximum Gasteiger partial charge on any atom is 0.408 e. The molecule has 1 fully saturated rings. The Balaban J connectivity index is 1.77. The molecule has 1 aromatic rings. The normalized spacial score (nSPS) is 14.9. The van der Waals surface area contributed by atoms with Gasteiger partial charge in [-0.1, -0.05) is 0 Å². The van der Waals surface area contributed by atoms with Gasteiger partial charge in [-0.2, -0.15) is 18.3 Å². The molecule has 1 heterocycles. The zero-order valence-electron chi connectivity index (χ0n) is 10.4. The third kappa shape index (κ3) is 4.56. The van der Waals surface area contributed by atoms with E-state index in [1.807, 2.05) is 0 Å². The van der Waals surface area contributed by atoms with Crippen molar-refractivity contribution in [2.75, 3.05) is 11.9 Å². The van der Waals surface area contributed by atoms with Gasteiger partial charge < -0.3 is 10.6 Å². The molecule has 9 heteroatoms. The third-order valence-corrected chi connectivity index (χ3v) is 2.63. The first-order chi connectivity index (χ1) is 9.33. The number of rotatable bonds is 5. The van der Waals surface area contributed by atoms with E-state index in [4.69, 9.17) is 0 Å². The summed E-state index contributed by atoms with van der Waals surface area (Å²) in [5.41, 5.74) is 0.153. The molecule has 0 bridgehead atoms. The van der Waals surface area contributed by atoms with Crippen molar-refractivity contribution in [1.29, 1.82) is 0 Å². The van der Waals surface area contributed by atoms with Crippen LogP contribution in [0.2, 0.25) is 0 Å². The van der Waals surface area contributed by atoms with E-state index >= 15 is 0 Å². The minimum absolute atomic E-state index is 0.00247. The van der Waals surface area contributed by atoms with Gasteiger partial charge in [0.15, 0.2) is 0 Å². The van der Waals surface area contributed by atoms with Crippen molar-refractivity contribution in [2.45, 2.75) is 25.6 Å². The highest BCUT2D eigenvalue weighted by Gasteiger charge is 2.30. The number of anilines is 1. The number of carbonyl (C=O) groups is 2. The van der Waals surface area contributed by atoms with Crippen LogP contribution < -0.4 is 10.6 Å².